The summed E-state index contributed by atoms with van der Waals surface area (Å²) < 4.78 is 6.16. The van der Waals surface area contributed by atoms with Crippen molar-refractivity contribution in [1.29, 1.82) is 0 Å². The molecule has 2 heterocycles. The van der Waals surface area contributed by atoms with Gasteiger partial charge in [-0.05, 0) is 62.4 Å². The molecule has 7 heteroatoms. The molecule has 0 saturated carbocycles. The lowest BCUT2D eigenvalue weighted by molar-refractivity contribution is -0.136. The van der Waals surface area contributed by atoms with Crippen LogP contribution < -0.4 is 4.74 Å². The number of piperidine rings is 2. The Kier molecular flexibility index (Phi) is 7.82. The first-order valence-electron chi connectivity index (χ1n) is 11.7. The van der Waals surface area contributed by atoms with Gasteiger partial charge in [-0.15, -0.1) is 0 Å². The number of amides is 2. The average Bonchev–Trinajstić information content (AvgIpc) is 2.85. The summed E-state index contributed by atoms with van der Waals surface area (Å²) in [5, 5.41) is 0.781. The summed E-state index contributed by atoms with van der Waals surface area (Å²) in [6, 6.07) is 14.6. The van der Waals surface area contributed by atoms with E-state index in [0.29, 0.717) is 41.7 Å². The minimum atomic E-state index is -0.436. The molecule has 2 saturated heterocycles. The van der Waals surface area contributed by atoms with Crippen LogP contribution in [-0.4, -0.2) is 54.4 Å². The minimum Gasteiger partial charge on any atom is -0.493 e. The van der Waals surface area contributed by atoms with Crippen molar-refractivity contribution in [2.75, 3.05) is 32.8 Å². The van der Waals surface area contributed by atoms with Gasteiger partial charge in [-0.2, -0.15) is 0 Å². The van der Waals surface area contributed by atoms with Crippen LogP contribution in [0, 0.1) is 5.41 Å². The summed E-state index contributed by atoms with van der Waals surface area (Å²) in [6.07, 6.45) is 5.33. The second-order valence-corrected chi connectivity index (χ2v) is 9.99. The van der Waals surface area contributed by atoms with Gasteiger partial charge in [-0.3, -0.25) is 9.59 Å². The Bertz CT molecular complexity index is 979. The van der Waals surface area contributed by atoms with E-state index in [1.165, 1.54) is 6.42 Å². The molecule has 2 aromatic rings. The van der Waals surface area contributed by atoms with Crippen molar-refractivity contribution in [1.82, 2.24) is 9.80 Å². The smallest absolute Gasteiger partial charge is 0.253 e. The number of benzene rings is 2. The maximum absolute atomic E-state index is 13.3. The van der Waals surface area contributed by atoms with Crippen molar-refractivity contribution in [3.8, 4) is 5.75 Å². The molecule has 0 spiro atoms. The van der Waals surface area contributed by atoms with E-state index in [9.17, 15) is 9.59 Å². The number of rotatable bonds is 6. The van der Waals surface area contributed by atoms with Gasteiger partial charge in [0.15, 0.2) is 0 Å². The van der Waals surface area contributed by atoms with Crippen LogP contribution in [0.4, 0.5) is 0 Å². The maximum Gasteiger partial charge on any atom is 0.253 e. The number of halogens is 2. The lowest BCUT2D eigenvalue weighted by Crippen LogP contribution is -2.51. The van der Waals surface area contributed by atoms with Crippen LogP contribution in [0.15, 0.2) is 48.5 Å². The van der Waals surface area contributed by atoms with Crippen LogP contribution in [-0.2, 0) is 4.79 Å². The van der Waals surface area contributed by atoms with Gasteiger partial charge in [-0.1, -0.05) is 41.4 Å². The van der Waals surface area contributed by atoms with E-state index in [2.05, 4.69) is 0 Å². The standard InChI is InChI=1S/C26H30Cl2N2O3/c27-22-11-10-20(16-23(22)28)25(32)30-15-7-12-26(18-30,19-33-21-8-3-1-4-9-21)17-24(31)29-13-5-2-6-14-29/h1,3-4,8-11,16H,2,5-7,12-15,17-19H2. The first kappa shape index (κ1) is 23.9. The van der Waals surface area contributed by atoms with Crippen molar-refractivity contribution in [3.63, 3.8) is 0 Å². The number of ether oxygens (including phenoxy) is 1. The first-order chi connectivity index (χ1) is 16.0. The van der Waals surface area contributed by atoms with E-state index in [1.807, 2.05) is 40.1 Å². The molecule has 176 valence electrons. The van der Waals surface area contributed by atoms with Gasteiger partial charge in [0.1, 0.15) is 5.75 Å². The predicted octanol–water partition coefficient (Wildman–Crippen LogP) is 5.70. The number of carbonyl (C=O) groups excluding carboxylic acids is 2. The number of likely N-dealkylation sites (tertiary alicyclic amines) is 2. The molecule has 4 rings (SSSR count). The normalized spacial score (nSPS) is 21.0. The van der Waals surface area contributed by atoms with Crippen LogP contribution in [0.3, 0.4) is 0 Å². The SMILES string of the molecule is O=C(CC1(COc2ccccc2)CCCN(C(=O)c2ccc(Cl)c(Cl)c2)C1)N1CCCCC1. The fourth-order valence-electron chi connectivity index (χ4n) is 4.84. The van der Waals surface area contributed by atoms with Crippen LogP contribution in [0.25, 0.3) is 0 Å². The Hall–Kier alpha value is -2.24. The highest BCUT2D eigenvalue weighted by molar-refractivity contribution is 6.42. The lowest BCUT2D eigenvalue weighted by Gasteiger charge is -2.43. The second kappa shape index (κ2) is 10.8. The third-order valence-corrected chi connectivity index (χ3v) is 7.38. The van der Waals surface area contributed by atoms with Crippen LogP contribution in [0.2, 0.25) is 10.0 Å². The number of hydrogen-bond donors (Lipinski definition) is 0. The molecule has 33 heavy (non-hydrogen) atoms. The van der Waals surface area contributed by atoms with Gasteiger partial charge in [0.2, 0.25) is 5.91 Å². The number of nitrogens with zero attached hydrogens (tertiary/aromatic N) is 2. The Morgan fingerprint density at radius 2 is 1.61 bits per heavy atom. The number of carbonyl (C=O) groups is 2. The summed E-state index contributed by atoms with van der Waals surface area (Å²) in [6.45, 7) is 3.14. The number of para-hydroxylation sites is 1. The molecule has 5 nitrogen and oxygen atoms in total. The molecule has 0 N–H and O–H groups in total. The molecule has 2 amide bonds. The molecule has 2 aliphatic rings. The molecule has 1 atom stereocenters. The van der Waals surface area contributed by atoms with Gasteiger partial charge in [-0.25, -0.2) is 0 Å². The Labute approximate surface area is 205 Å². The summed E-state index contributed by atoms with van der Waals surface area (Å²) in [5.74, 6) is 0.841. The third kappa shape index (κ3) is 6.01. The van der Waals surface area contributed by atoms with Crippen molar-refractivity contribution in [2.45, 2.75) is 38.5 Å². The van der Waals surface area contributed by atoms with E-state index in [0.717, 1.165) is 44.5 Å². The summed E-state index contributed by atoms with van der Waals surface area (Å²) in [5.41, 5.74) is 0.0700. The highest BCUT2D eigenvalue weighted by atomic mass is 35.5. The van der Waals surface area contributed by atoms with Crippen molar-refractivity contribution >= 4 is 35.0 Å². The van der Waals surface area contributed by atoms with Crippen molar-refractivity contribution in [2.24, 2.45) is 5.41 Å². The topological polar surface area (TPSA) is 49.9 Å². The van der Waals surface area contributed by atoms with E-state index in [4.69, 9.17) is 27.9 Å². The highest BCUT2D eigenvalue weighted by Gasteiger charge is 2.41. The van der Waals surface area contributed by atoms with E-state index < -0.39 is 5.41 Å². The highest BCUT2D eigenvalue weighted by Crippen LogP contribution is 2.36. The Morgan fingerprint density at radius 3 is 2.33 bits per heavy atom. The largest absolute Gasteiger partial charge is 0.493 e. The fraction of sp³-hybridized carbons (Fsp3) is 0.462. The van der Waals surface area contributed by atoms with Gasteiger partial charge in [0.25, 0.3) is 5.91 Å². The molecule has 2 fully saturated rings. The maximum atomic E-state index is 13.3. The van der Waals surface area contributed by atoms with E-state index in [-0.39, 0.29) is 11.8 Å². The van der Waals surface area contributed by atoms with Crippen LogP contribution in [0.1, 0.15) is 48.9 Å². The summed E-state index contributed by atoms with van der Waals surface area (Å²) >= 11 is 12.2. The summed E-state index contributed by atoms with van der Waals surface area (Å²) in [7, 11) is 0. The molecular formula is C26H30Cl2N2O3. The fourth-order valence-corrected chi connectivity index (χ4v) is 5.13. The Balaban J connectivity index is 1.53. The number of hydrogen-bond acceptors (Lipinski definition) is 3. The van der Waals surface area contributed by atoms with Crippen LogP contribution >= 0.6 is 23.2 Å². The third-order valence-electron chi connectivity index (χ3n) is 6.64. The lowest BCUT2D eigenvalue weighted by atomic mass is 9.77. The molecule has 0 aliphatic carbocycles. The predicted molar refractivity (Wildman–Crippen MR) is 131 cm³/mol. The van der Waals surface area contributed by atoms with Gasteiger partial charge < -0.3 is 14.5 Å². The van der Waals surface area contributed by atoms with Crippen molar-refractivity contribution < 1.29 is 14.3 Å². The van der Waals surface area contributed by atoms with Crippen molar-refractivity contribution in [3.05, 3.63) is 64.1 Å². The van der Waals surface area contributed by atoms with E-state index in [1.54, 1.807) is 18.2 Å². The Morgan fingerprint density at radius 1 is 0.879 bits per heavy atom. The van der Waals surface area contributed by atoms with Gasteiger partial charge in [0.05, 0.1) is 16.7 Å². The quantitative estimate of drug-likeness (QED) is 0.523. The summed E-state index contributed by atoms with van der Waals surface area (Å²) in [4.78, 5) is 30.4. The zero-order chi connectivity index (χ0) is 23.3. The van der Waals surface area contributed by atoms with Crippen LogP contribution in [0.5, 0.6) is 5.75 Å². The molecule has 2 aromatic carbocycles. The molecular weight excluding hydrogens is 459 g/mol. The zero-order valence-corrected chi connectivity index (χ0v) is 20.3. The van der Waals surface area contributed by atoms with Gasteiger partial charge in [0, 0.05) is 43.6 Å². The monoisotopic (exact) mass is 488 g/mol. The molecule has 0 bridgehead atoms. The second-order valence-electron chi connectivity index (χ2n) is 9.18. The zero-order valence-electron chi connectivity index (χ0n) is 18.8. The van der Waals surface area contributed by atoms with Gasteiger partial charge >= 0.3 is 0 Å². The average molecular weight is 489 g/mol. The minimum absolute atomic E-state index is 0.0947. The van der Waals surface area contributed by atoms with E-state index >= 15 is 0 Å². The molecule has 0 radical (unpaired) electrons. The first-order valence-corrected chi connectivity index (χ1v) is 12.4. The molecule has 0 aromatic heterocycles. The molecule has 1 unspecified atom stereocenters. The molecule has 2 aliphatic heterocycles.